The van der Waals surface area contributed by atoms with Crippen LogP contribution in [0, 0.1) is 23.1 Å². The number of piperidine rings is 1. The van der Waals surface area contributed by atoms with Crippen LogP contribution in [-0.4, -0.2) is 19.7 Å². The Hall–Kier alpha value is -1.44. The van der Waals surface area contributed by atoms with Crippen LogP contribution in [0.4, 0.5) is 4.39 Å². The molecule has 1 heterocycles. The van der Waals surface area contributed by atoms with Gasteiger partial charge in [0.2, 0.25) is 0 Å². The normalized spacial score (nSPS) is 19.4. The van der Waals surface area contributed by atoms with Gasteiger partial charge in [-0.2, -0.15) is 5.26 Å². The molecule has 1 fully saturated rings. The lowest BCUT2D eigenvalue weighted by molar-refractivity contribution is 0.0780. The Morgan fingerprint density at radius 1 is 1.50 bits per heavy atom. The molecule has 0 aliphatic carbocycles. The fraction of sp³-hybridized carbons (Fsp3) is 0.500. The molecule has 1 unspecified atom stereocenters. The summed E-state index contributed by atoms with van der Waals surface area (Å²) in [6, 6.07) is 6.22. The summed E-state index contributed by atoms with van der Waals surface area (Å²) in [5, 5.41) is 12.2. The molecule has 1 aromatic rings. The molecule has 96 valence electrons. The Morgan fingerprint density at radius 2 is 2.39 bits per heavy atom. The summed E-state index contributed by atoms with van der Waals surface area (Å²) in [6.07, 6.45) is 2.35. The number of benzene rings is 1. The van der Waals surface area contributed by atoms with Crippen molar-refractivity contribution >= 4 is 0 Å². The predicted molar refractivity (Wildman–Crippen MR) is 66.4 cm³/mol. The van der Waals surface area contributed by atoms with Crippen molar-refractivity contribution in [2.75, 3.05) is 19.7 Å². The van der Waals surface area contributed by atoms with E-state index in [0.29, 0.717) is 30.3 Å². The number of halogens is 1. The summed E-state index contributed by atoms with van der Waals surface area (Å²) < 4.78 is 18.7. The standard InChI is InChI=1S/C14H17FN2O/c15-14-4-3-12(7-16)13(6-14)10-18-9-11-2-1-5-17-8-11/h3-4,6,11,17H,1-2,5,8-10H2. The molecule has 1 aromatic carbocycles. The molecule has 4 heteroatoms. The lowest BCUT2D eigenvalue weighted by atomic mass is 10.0. The van der Waals surface area contributed by atoms with Crippen LogP contribution >= 0.6 is 0 Å². The SMILES string of the molecule is N#Cc1ccc(F)cc1COCC1CCCNC1. The molecule has 0 spiro atoms. The van der Waals surface area contributed by atoms with Gasteiger partial charge in [0, 0.05) is 6.54 Å². The smallest absolute Gasteiger partial charge is 0.123 e. The highest BCUT2D eigenvalue weighted by atomic mass is 19.1. The number of hydrogen-bond acceptors (Lipinski definition) is 3. The lowest BCUT2D eigenvalue weighted by Gasteiger charge is -2.22. The van der Waals surface area contributed by atoms with Crippen LogP contribution in [0.15, 0.2) is 18.2 Å². The summed E-state index contributed by atoms with van der Waals surface area (Å²) in [5.74, 6) is 0.199. The number of ether oxygens (including phenoxy) is 1. The number of rotatable bonds is 4. The maximum absolute atomic E-state index is 13.1. The van der Waals surface area contributed by atoms with E-state index >= 15 is 0 Å². The molecule has 1 atom stereocenters. The summed E-state index contributed by atoms with van der Waals surface area (Å²) in [5.41, 5.74) is 1.11. The minimum atomic E-state index is -0.327. The molecule has 1 N–H and O–H groups in total. The van der Waals surface area contributed by atoms with Crippen LogP contribution < -0.4 is 5.32 Å². The molecule has 0 aromatic heterocycles. The molecule has 1 aliphatic rings. The highest BCUT2D eigenvalue weighted by molar-refractivity contribution is 5.37. The van der Waals surface area contributed by atoms with Crippen molar-refractivity contribution in [1.29, 1.82) is 5.26 Å². The monoisotopic (exact) mass is 248 g/mol. The van der Waals surface area contributed by atoms with Crippen LogP contribution in [0.3, 0.4) is 0 Å². The van der Waals surface area contributed by atoms with E-state index < -0.39 is 0 Å². The molecule has 18 heavy (non-hydrogen) atoms. The molecule has 0 bridgehead atoms. The van der Waals surface area contributed by atoms with Gasteiger partial charge >= 0.3 is 0 Å². The molecule has 1 aliphatic heterocycles. The maximum Gasteiger partial charge on any atom is 0.123 e. The van der Waals surface area contributed by atoms with E-state index in [9.17, 15) is 4.39 Å². The highest BCUT2D eigenvalue weighted by Crippen LogP contribution is 2.14. The van der Waals surface area contributed by atoms with E-state index in [-0.39, 0.29) is 5.82 Å². The molecule has 2 rings (SSSR count). The van der Waals surface area contributed by atoms with Crippen molar-refractivity contribution in [1.82, 2.24) is 5.32 Å². The van der Waals surface area contributed by atoms with Crippen molar-refractivity contribution in [3.63, 3.8) is 0 Å². The summed E-state index contributed by atoms with van der Waals surface area (Å²) in [4.78, 5) is 0. The Labute approximate surface area is 107 Å². The van der Waals surface area contributed by atoms with E-state index in [1.54, 1.807) is 0 Å². The average molecular weight is 248 g/mol. The van der Waals surface area contributed by atoms with Crippen molar-refractivity contribution in [3.05, 3.63) is 35.1 Å². The minimum Gasteiger partial charge on any atom is -0.376 e. The van der Waals surface area contributed by atoms with Gasteiger partial charge in [0.25, 0.3) is 0 Å². The third-order valence-electron chi connectivity index (χ3n) is 3.20. The highest BCUT2D eigenvalue weighted by Gasteiger charge is 2.13. The van der Waals surface area contributed by atoms with E-state index in [1.165, 1.54) is 31.0 Å². The Bertz CT molecular complexity index is 436. The third-order valence-corrected chi connectivity index (χ3v) is 3.20. The first-order chi connectivity index (χ1) is 8.79. The fourth-order valence-electron chi connectivity index (χ4n) is 2.19. The zero-order chi connectivity index (χ0) is 12.8. The number of hydrogen-bond donors (Lipinski definition) is 1. The van der Waals surface area contributed by atoms with Crippen LogP contribution in [-0.2, 0) is 11.3 Å². The van der Waals surface area contributed by atoms with Gasteiger partial charge in [-0.15, -0.1) is 0 Å². The third kappa shape index (κ3) is 3.52. The van der Waals surface area contributed by atoms with Gasteiger partial charge in [-0.05, 0) is 49.1 Å². The van der Waals surface area contributed by atoms with Crippen molar-refractivity contribution in [2.45, 2.75) is 19.4 Å². The Morgan fingerprint density at radius 3 is 3.11 bits per heavy atom. The van der Waals surface area contributed by atoms with E-state index in [1.807, 2.05) is 0 Å². The van der Waals surface area contributed by atoms with Gasteiger partial charge in [-0.25, -0.2) is 4.39 Å². The summed E-state index contributed by atoms with van der Waals surface area (Å²) >= 11 is 0. The number of nitrogens with zero attached hydrogens (tertiary/aromatic N) is 1. The second-order valence-corrected chi connectivity index (χ2v) is 4.64. The zero-order valence-electron chi connectivity index (χ0n) is 10.3. The first kappa shape index (κ1) is 13.0. The molecular formula is C14H17FN2O. The molecule has 0 amide bonds. The molecule has 0 radical (unpaired) electrons. The van der Waals surface area contributed by atoms with Gasteiger partial charge in [-0.1, -0.05) is 0 Å². The van der Waals surface area contributed by atoms with Gasteiger partial charge in [0.1, 0.15) is 5.82 Å². The summed E-state index contributed by atoms with van der Waals surface area (Å²) in [7, 11) is 0. The van der Waals surface area contributed by atoms with Crippen LogP contribution in [0.1, 0.15) is 24.0 Å². The lowest BCUT2D eigenvalue weighted by Crippen LogP contribution is -2.32. The van der Waals surface area contributed by atoms with E-state index in [0.717, 1.165) is 13.1 Å². The van der Waals surface area contributed by atoms with Gasteiger partial charge in [-0.3, -0.25) is 0 Å². The van der Waals surface area contributed by atoms with Gasteiger partial charge < -0.3 is 10.1 Å². The molecular weight excluding hydrogens is 231 g/mol. The first-order valence-electron chi connectivity index (χ1n) is 6.26. The van der Waals surface area contributed by atoms with Crippen LogP contribution in [0.25, 0.3) is 0 Å². The minimum absolute atomic E-state index is 0.303. The second kappa shape index (κ2) is 6.48. The Kier molecular flexibility index (Phi) is 4.68. The maximum atomic E-state index is 13.1. The Balaban J connectivity index is 1.86. The van der Waals surface area contributed by atoms with Crippen molar-refractivity contribution in [3.8, 4) is 6.07 Å². The predicted octanol–water partition coefficient (Wildman–Crippen LogP) is 2.21. The van der Waals surface area contributed by atoms with Crippen LogP contribution in [0.2, 0.25) is 0 Å². The van der Waals surface area contributed by atoms with Crippen molar-refractivity contribution in [2.24, 2.45) is 5.92 Å². The van der Waals surface area contributed by atoms with Gasteiger partial charge in [0.15, 0.2) is 0 Å². The van der Waals surface area contributed by atoms with Crippen LogP contribution in [0.5, 0.6) is 0 Å². The molecule has 1 saturated heterocycles. The van der Waals surface area contributed by atoms with E-state index in [4.69, 9.17) is 10.00 Å². The fourth-order valence-corrected chi connectivity index (χ4v) is 2.19. The molecule has 3 nitrogen and oxygen atoms in total. The largest absolute Gasteiger partial charge is 0.376 e. The zero-order valence-corrected chi connectivity index (χ0v) is 10.3. The van der Waals surface area contributed by atoms with E-state index in [2.05, 4.69) is 11.4 Å². The topological polar surface area (TPSA) is 45.0 Å². The van der Waals surface area contributed by atoms with Crippen molar-refractivity contribution < 1.29 is 9.13 Å². The quantitative estimate of drug-likeness (QED) is 0.888. The molecule has 0 saturated carbocycles. The summed E-state index contributed by atoms with van der Waals surface area (Å²) in [6.45, 7) is 3.03. The number of nitriles is 1. The average Bonchev–Trinajstić information content (AvgIpc) is 2.40. The van der Waals surface area contributed by atoms with Gasteiger partial charge in [0.05, 0.1) is 24.8 Å². The number of nitrogens with one attached hydrogen (secondary N) is 1. The first-order valence-corrected chi connectivity index (χ1v) is 6.26. The second-order valence-electron chi connectivity index (χ2n) is 4.64.